The normalized spacial score (nSPS) is 12.3. The second-order valence-electron chi connectivity index (χ2n) is 5.45. The van der Waals surface area contributed by atoms with E-state index in [1.165, 1.54) is 12.1 Å². The Morgan fingerprint density at radius 1 is 1.33 bits per heavy atom. The van der Waals surface area contributed by atoms with E-state index in [1.54, 1.807) is 6.26 Å². The first-order valence-corrected chi connectivity index (χ1v) is 6.35. The summed E-state index contributed by atoms with van der Waals surface area (Å²) in [6.07, 6.45) is 2.43. The van der Waals surface area contributed by atoms with Crippen molar-refractivity contribution in [3.05, 3.63) is 34.8 Å². The topological polar surface area (TPSA) is 25.2 Å². The number of halogens is 2. The molecule has 2 nitrogen and oxygen atoms in total. The molecule has 0 radical (unpaired) electrons. The van der Waals surface area contributed by atoms with Gasteiger partial charge in [-0.25, -0.2) is 4.39 Å². The molecule has 0 saturated carbocycles. The van der Waals surface area contributed by atoms with Crippen molar-refractivity contribution < 1.29 is 8.81 Å². The maximum absolute atomic E-state index is 13.3. The summed E-state index contributed by atoms with van der Waals surface area (Å²) in [5.74, 6) is -0.334. The molecule has 2 aromatic rings. The lowest BCUT2D eigenvalue weighted by atomic mass is 10.1. The van der Waals surface area contributed by atoms with Crippen LogP contribution in [0.25, 0.3) is 11.0 Å². The average molecular weight is 270 g/mol. The Balaban J connectivity index is 2.19. The molecule has 98 valence electrons. The molecule has 2 rings (SSSR count). The third kappa shape index (κ3) is 3.03. The Bertz CT molecular complexity index is 557. The lowest BCUT2D eigenvalue weighted by Gasteiger charge is -2.20. The van der Waals surface area contributed by atoms with Gasteiger partial charge in [-0.15, -0.1) is 0 Å². The van der Waals surface area contributed by atoms with Gasteiger partial charge < -0.3 is 9.73 Å². The van der Waals surface area contributed by atoms with Crippen LogP contribution in [0.15, 0.2) is 22.8 Å². The summed E-state index contributed by atoms with van der Waals surface area (Å²) < 4.78 is 18.7. The molecule has 18 heavy (non-hydrogen) atoms. The predicted molar refractivity (Wildman–Crippen MR) is 72.6 cm³/mol. The van der Waals surface area contributed by atoms with Crippen molar-refractivity contribution >= 4 is 22.6 Å². The smallest absolute Gasteiger partial charge is 0.152 e. The van der Waals surface area contributed by atoms with Gasteiger partial charge in [0, 0.05) is 10.9 Å². The molecular formula is C14H17ClFNO. The van der Waals surface area contributed by atoms with Gasteiger partial charge in [0.2, 0.25) is 0 Å². The van der Waals surface area contributed by atoms with E-state index in [4.69, 9.17) is 16.0 Å². The highest BCUT2D eigenvalue weighted by Gasteiger charge is 2.12. The fraction of sp³-hybridized carbons (Fsp3) is 0.429. The van der Waals surface area contributed by atoms with Crippen LogP contribution in [0.1, 0.15) is 26.3 Å². The minimum absolute atomic E-state index is 0.0719. The van der Waals surface area contributed by atoms with Crippen molar-refractivity contribution in [1.29, 1.82) is 0 Å². The summed E-state index contributed by atoms with van der Waals surface area (Å²) in [4.78, 5) is 0. The fourth-order valence-corrected chi connectivity index (χ4v) is 2.13. The van der Waals surface area contributed by atoms with Crippen LogP contribution in [-0.2, 0) is 6.42 Å². The molecule has 0 aliphatic rings. The first-order valence-electron chi connectivity index (χ1n) is 5.97. The van der Waals surface area contributed by atoms with E-state index in [9.17, 15) is 4.39 Å². The molecule has 0 fully saturated rings. The number of hydrogen-bond donors (Lipinski definition) is 1. The number of rotatable bonds is 3. The van der Waals surface area contributed by atoms with E-state index in [2.05, 4.69) is 26.1 Å². The number of nitrogens with one attached hydrogen (secondary N) is 1. The quantitative estimate of drug-likeness (QED) is 0.905. The van der Waals surface area contributed by atoms with Crippen molar-refractivity contribution in [2.75, 3.05) is 6.54 Å². The third-order valence-electron chi connectivity index (χ3n) is 2.72. The zero-order valence-electron chi connectivity index (χ0n) is 10.8. The lowest BCUT2D eigenvalue weighted by molar-refractivity contribution is 0.429. The van der Waals surface area contributed by atoms with Gasteiger partial charge in [0.15, 0.2) is 5.58 Å². The Morgan fingerprint density at radius 3 is 2.72 bits per heavy atom. The lowest BCUT2D eigenvalue weighted by Crippen LogP contribution is -2.37. The van der Waals surface area contributed by atoms with Crippen molar-refractivity contribution in [1.82, 2.24) is 5.32 Å². The number of hydrogen-bond acceptors (Lipinski definition) is 2. The van der Waals surface area contributed by atoms with E-state index in [1.807, 2.05) is 0 Å². The van der Waals surface area contributed by atoms with Crippen molar-refractivity contribution in [3.8, 4) is 0 Å². The van der Waals surface area contributed by atoms with Crippen molar-refractivity contribution in [2.24, 2.45) is 0 Å². The highest BCUT2D eigenvalue weighted by atomic mass is 35.5. The molecular weight excluding hydrogens is 253 g/mol. The molecule has 0 amide bonds. The van der Waals surface area contributed by atoms with E-state index in [-0.39, 0.29) is 11.4 Å². The van der Waals surface area contributed by atoms with Gasteiger partial charge in [-0.2, -0.15) is 0 Å². The monoisotopic (exact) mass is 269 g/mol. The van der Waals surface area contributed by atoms with Gasteiger partial charge in [0.05, 0.1) is 11.3 Å². The molecule has 0 spiro atoms. The highest BCUT2D eigenvalue weighted by Crippen LogP contribution is 2.29. The van der Waals surface area contributed by atoms with E-state index in [0.717, 1.165) is 23.9 Å². The Kier molecular flexibility index (Phi) is 3.64. The molecule has 0 aliphatic carbocycles. The second-order valence-corrected chi connectivity index (χ2v) is 5.86. The van der Waals surface area contributed by atoms with Crippen LogP contribution in [0.2, 0.25) is 5.02 Å². The molecule has 1 N–H and O–H groups in total. The standard InChI is InChI=1S/C14H17ClFNO/c1-14(2,3)17-5-4-9-8-18-13-11(9)6-10(16)7-12(13)15/h6-8,17H,4-5H2,1-3H3. The third-order valence-corrected chi connectivity index (χ3v) is 3.00. The van der Waals surface area contributed by atoms with Crippen LogP contribution in [0.4, 0.5) is 4.39 Å². The molecule has 1 aromatic heterocycles. The largest absolute Gasteiger partial charge is 0.462 e. The van der Waals surface area contributed by atoms with Gasteiger partial charge in [-0.3, -0.25) is 0 Å². The van der Waals surface area contributed by atoms with Gasteiger partial charge in [-0.05, 0) is 51.4 Å². The average Bonchev–Trinajstić information content (AvgIpc) is 2.60. The van der Waals surface area contributed by atoms with Crippen LogP contribution in [0.3, 0.4) is 0 Å². The number of fused-ring (bicyclic) bond motifs is 1. The molecule has 4 heteroatoms. The predicted octanol–water partition coefficient (Wildman–Crippen LogP) is 4.16. The van der Waals surface area contributed by atoms with Crippen LogP contribution in [-0.4, -0.2) is 12.1 Å². The molecule has 0 unspecified atom stereocenters. The van der Waals surface area contributed by atoms with Crippen LogP contribution < -0.4 is 5.32 Å². The Morgan fingerprint density at radius 2 is 2.06 bits per heavy atom. The van der Waals surface area contributed by atoms with E-state index >= 15 is 0 Å². The maximum atomic E-state index is 13.3. The minimum Gasteiger partial charge on any atom is -0.462 e. The summed E-state index contributed by atoms with van der Waals surface area (Å²) in [7, 11) is 0. The zero-order chi connectivity index (χ0) is 13.3. The van der Waals surface area contributed by atoms with Crippen LogP contribution in [0.5, 0.6) is 0 Å². The SMILES string of the molecule is CC(C)(C)NCCc1coc2c(Cl)cc(F)cc12. The van der Waals surface area contributed by atoms with E-state index < -0.39 is 0 Å². The fourth-order valence-electron chi connectivity index (χ4n) is 1.88. The van der Waals surface area contributed by atoms with Crippen LogP contribution in [0, 0.1) is 5.82 Å². The van der Waals surface area contributed by atoms with E-state index in [0.29, 0.717) is 10.6 Å². The van der Waals surface area contributed by atoms with Gasteiger partial charge in [0.25, 0.3) is 0 Å². The van der Waals surface area contributed by atoms with Gasteiger partial charge in [0.1, 0.15) is 5.82 Å². The first kappa shape index (κ1) is 13.4. The molecule has 0 saturated heterocycles. The van der Waals surface area contributed by atoms with Crippen molar-refractivity contribution in [3.63, 3.8) is 0 Å². The Hall–Kier alpha value is -1.06. The molecule has 0 atom stereocenters. The van der Waals surface area contributed by atoms with Crippen molar-refractivity contribution in [2.45, 2.75) is 32.7 Å². The number of furan rings is 1. The summed E-state index contributed by atoms with van der Waals surface area (Å²) in [6.45, 7) is 7.14. The first-order chi connectivity index (χ1) is 8.37. The summed E-state index contributed by atoms with van der Waals surface area (Å²) in [6, 6.07) is 2.74. The van der Waals surface area contributed by atoms with Gasteiger partial charge >= 0.3 is 0 Å². The molecule has 0 bridgehead atoms. The summed E-state index contributed by atoms with van der Waals surface area (Å²) >= 11 is 5.93. The molecule has 1 aromatic carbocycles. The zero-order valence-corrected chi connectivity index (χ0v) is 11.6. The number of benzene rings is 1. The van der Waals surface area contributed by atoms with Gasteiger partial charge in [-0.1, -0.05) is 11.6 Å². The Labute approximate surface area is 111 Å². The molecule has 1 heterocycles. The summed E-state index contributed by atoms with van der Waals surface area (Å²) in [5, 5.41) is 4.47. The summed E-state index contributed by atoms with van der Waals surface area (Å²) in [5.41, 5.74) is 1.61. The minimum atomic E-state index is -0.334. The molecule has 0 aliphatic heterocycles. The maximum Gasteiger partial charge on any atom is 0.152 e. The van der Waals surface area contributed by atoms with Crippen LogP contribution >= 0.6 is 11.6 Å². The highest BCUT2D eigenvalue weighted by molar-refractivity contribution is 6.34. The second kappa shape index (κ2) is 4.90.